The van der Waals surface area contributed by atoms with Crippen LogP contribution in [0.5, 0.6) is 5.75 Å². The minimum absolute atomic E-state index is 0.00750. The highest BCUT2D eigenvalue weighted by atomic mass is 19.4. The Hall–Kier alpha value is -1.13. The third kappa shape index (κ3) is 3.17. The van der Waals surface area contributed by atoms with Crippen LogP contribution in [0, 0.1) is 0 Å². The van der Waals surface area contributed by atoms with Crippen LogP contribution < -0.4 is 10.2 Å². The van der Waals surface area contributed by atoms with Crippen LogP contribution in [0.3, 0.4) is 0 Å². The molecule has 0 heterocycles. The van der Waals surface area contributed by atoms with Crippen molar-refractivity contribution in [1.82, 2.24) is 0 Å². The normalized spacial score (nSPS) is 18.1. The van der Waals surface area contributed by atoms with E-state index in [4.69, 9.17) is 4.74 Å². The van der Waals surface area contributed by atoms with Crippen molar-refractivity contribution >= 4 is 12.4 Å². The first kappa shape index (κ1) is 12.3. The molecule has 2 rings (SSSR count). The maximum Gasteiger partial charge on any atom is 0.513 e. The fourth-order valence-corrected chi connectivity index (χ4v) is 2.22. The Morgan fingerprint density at radius 3 is 2.29 bits per heavy atom. The Kier molecular flexibility index (Phi) is 3.65. The average Bonchev–Trinajstić information content (AvgIpc) is 2.30. The van der Waals surface area contributed by atoms with Crippen molar-refractivity contribution in [3.05, 3.63) is 24.3 Å². The van der Waals surface area contributed by atoms with Crippen molar-refractivity contribution in [2.24, 2.45) is 0 Å². The van der Waals surface area contributed by atoms with Crippen LogP contribution in [0.4, 0.5) is 12.9 Å². The highest BCUT2D eigenvalue weighted by Crippen LogP contribution is 2.24. The number of hydrogen-bond acceptors (Lipinski definition) is 1. The van der Waals surface area contributed by atoms with Crippen LogP contribution in [0.2, 0.25) is 0 Å². The molecule has 1 saturated carbocycles. The first-order valence-corrected chi connectivity index (χ1v) is 6.03. The molecule has 1 aromatic carbocycles. The minimum Gasteiger partial charge on any atom is -0.493 e. The maximum absolute atomic E-state index is 12.8. The quantitative estimate of drug-likeness (QED) is 0.738. The number of ether oxygens (including phenoxy) is 1. The van der Waals surface area contributed by atoms with Crippen LogP contribution in [0.1, 0.15) is 32.1 Å². The lowest BCUT2D eigenvalue weighted by atomic mass is 9.79. The number of hydrogen-bond donors (Lipinski definition) is 0. The third-order valence-corrected chi connectivity index (χ3v) is 3.12. The van der Waals surface area contributed by atoms with Gasteiger partial charge in [0, 0.05) is 0 Å². The van der Waals surface area contributed by atoms with Crippen LogP contribution >= 0.6 is 0 Å². The largest absolute Gasteiger partial charge is 0.513 e. The molecule has 94 valence electrons. The Morgan fingerprint density at radius 1 is 1.00 bits per heavy atom. The fraction of sp³-hybridized carbons (Fsp3) is 0.500. The lowest BCUT2D eigenvalue weighted by Gasteiger charge is -2.26. The van der Waals surface area contributed by atoms with E-state index in [1.807, 2.05) is 0 Å². The molecular formula is C12H15BF3O-. The molecule has 1 aromatic rings. The summed E-state index contributed by atoms with van der Waals surface area (Å²) in [7, 11) is 0. The minimum atomic E-state index is -4.99. The van der Waals surface area contributed by atoms with Crippen molar-refractivity contribution in [2.75, 3.05) is 0 Å². The van der Waals surface area contributed by atoms with E-state index in [-0.39, 0.29) is 11.9 Å². The molecule has 0 saturated heterocycles. The molecule has 0 spiro atoms. The van der Waals surface area contributed by atoms with E-state index >= 15 is 0 Å². The van der Waals surface area contributed by atoms with Gasteiger partial charge in [0.2, 0.25) is 0 Å². The number of rotatable bonds is 3. The van der Waals surface area contributed by atoms with E-state index in [2.05, 4.69) is 0 Å². The summed E-state index contributed by atoms with van der Waals surface area (Å²) in [6.07, 6.45) is 4.92. The van der Waals surface area contributed by atoms with E-state index < -0.39 is 12.4 Å². The summed E-state index contributed by atoms with van der Waals surface area (Å²) in [6, 6.07) is 5.50. The number of para-hydroxylation sites is 1. The van der Waals surface area contributed by atoms with Crippen LogP contribution in [0.25, 0.3) is 0 Å². The van der Waals surface area contributed by atoms with Gasteiger partial charge >= 0.3 is 6.98 Å². The zero-order valence-corrected chi connectivity index (χ0v) is 9.54. The molecule has 0 radical (unpaired) electrons. The molecule has 1 aliphatic rings. The third-order valence-electron chi connectivity index (χ3n) is 3.12. The van der Waals surface area contributed by atoms with Crippen LogP contribution in [-0.2, 0) is 0 Å². The summed E-state index contributed by atoms with van der Waals surface area (Å²) in [5, 5.41) is 0. The topological polar surface area (TPSA) is 9.23 Å². The first-order chi connectivity index (χ1) is 8.07. The maximum atomic E-state index is 12.8. The van der Waals surface area contributed by atoms with Gasteiger partial charge in [-0.1, -0.05) is 30.1 Å². The van der Waals surface area contributed by atoms with Crippen molar-refractivity contribution < 1.29 is 17.7 Å². The van der Waals surface area contributed by atoms with Crippen molar-refractivity contribution in [1.29, 1.82) is 0 Å². The van der Waals surface area contributed by atoms with Crippen molar-refractivity contribution in [2.45, 2.75) is 38.2 Å². The van der Waals surface area contributed by atoms with Gasteiger partial charge < -0.3 is 17.7 Å². The van der Waals surface area contributed by atoms with E-state index in [9.17, 15) is 12.9 Å². The van der Waals surface area contributed by atoms with Crippen molar-refractivity contribution in [3.8, 4) is 5.75 Å². The van der Waals surface area contributed by atoms with E-state index in [0.29, 0.717) is 0 Å². The van der Waals surface area contributed by atoms with Gasteiger partial charge in [0.05, 0.1) is 11.9 Å². The van der Waals surface area contributed by atoms with E-state index in [1.54, 1.807) is 6.07 Å². The number of halogens is 3. The molecular weight excluding hydrogens is 228 g/mol. The van der Waals surface area contributed by atoms with Gasteiger partial charge in [-0.15, -0.1) is 0 Å². The van der Waals surface area contributed by atoms with Crippen molar-refractivity contribution in [3.63, 3.8) is 0 Å². The summed E-state index contributed by atoms with van der Waals surface area (Å²) < 4.78 is 43.9. The van der Waals surface area contributed by atoms with Gasteiger partial charge in [-0.3, -0.25) is 0 Å². The Labute approximate surface area is 99.0 Å². The molecule has 0 amide bonds. The first-order valence-electron chi connectivity index (χ1n) is 6.03. The summed E-state index contributed by atoms with van der Waals surface area (Å²) in [5.41, 5.74) is -0.613. The summed E-state index contributed by atoms with van der Waals surface area (Å²) in [5.74, 6) is -0.00750. The predicted molar refractivity (Wildman–Crippen MR) is 62.7 cm³/mol. The molecule has 17 heavy (non-hydrogen) atoms. The van der Waals surface area contributed by atoms with Gasteiger partial charge in [0.15, 0.2) is 0 Å². The van der Waals surface area contributed by atoms with Gasteiger partial charge in [-0.25, -0.2) is 0 Å². The van der Waals surface area contributed by atoms with Gasteiger partial charge in [-0.2, -0.15) is 0 Å². The second-order valence-electron chi connectivity index (χ2n) is 4.49. The van der Waals surface area contributed by atoms with E-state index in [1.165, 1.54) is 12.1 Å². The Balaban J connectivity index is 2.14. The predicted octanol–water partition coefficient (Wildman–Crippen LogP) is 3.45. The fourth-order valence-electron chi connectivity index (χ4n) is 2.22. The highest BCUT2D eigenvalue weighted by molar-refractivity contribution is 6.74. The van der Waals surface area contributed by atoms with Crippen LogP contribution in [0.15, 0.2) is 24.3 Å². The molecule has 0 N–H and O–H groups in total. The molecule has 1 nitrogen and oxygen atoms in total. The number of benzene rings is 1. The van der Waals surface area contributed by atoms with Crippen LogP contribution in [-0.4, -0.2) is 13.1 Å². The molecule has 0 aromatic heterocycles. The zero-order chi connectivity index (χ0) is 12.3. The second-order valence-corrected chi connectivity index (χ2v) is 4.49. The molecule has 0 atom stereocenters. The lowest BCUT2D eigenvalue weighted by molar-refractivity contribution is 0.156. The average molecular weight is 243 g/mol. The SMILES string of the molecule is F[B-](F)(F)c1ccccc1OC1CCCCC1. The zero-order valence-electron chi connectivity index (χ0n) is 9.54. The highest BCUT2D eigenvalue weighted by Gasteiger charge is 2.29. The Bertz CT molecular complexity index is 372. The summed E-state index contributed by atoms with van der Waals surface area (Å²) in [6.45, 7) is -4.99. The molecule has 0 bridgehead atoms. The van der Waals surface area contributed by atoms with E-state index in [0.717, 1.165) is 38.2 Å². The van der Waals surface area contributed by atoms with Gasteiger partial charge in [-0.05, 0) is 31.7 Å². The Morgan fingerprint density at radius 2 is 1.65 bits per heavy atom. The van der Waals surface area contributed by atoms with Gasteiger partial charge in [0.25, 0.3) is 0 Å². The standard InChI is InChI=1S/C12H15BF3O/c14-13(15,16)11-8-4-5-9-12(11)17-10-6-2-1-3-7-10/h4-5,8-10H,1-3,6-7H2/q-1. The lowest BCUT2D eigenvalue weighted by Crippen LogP contribution is -2.36. The molecule has 5 heteroatoms. The molecule has 1 aliphatic carbocycles. The molecule has 0 unspecified atom stereocenters. The smallest absolute Gasteiger partial charge is 0.493 e. The molecule has 0 aliphatic heterocycles. The van der Waals surface area contributed by atoms with Gasteiger partial charge in [0.1, 0.15) is 0 Å². The second kappa shape index (κ2) is 5.02. The summed E-state index contributed by atoms with van der Waals surface area (Å²) in [4.78, 5) is 0. The molecule has 1 fully saturated rings. The summed E-state index contributed by atoms with van der Waals surface area (Å²) >= 11 is 0. The monoisotopic (exact) mass is 243 g/mol.